The van der Waals surface area contributed by atoms with Gasteiger partial charge in [0, 0.05) is 56.9 Å². The lowest BCUT2D eigenvalue weighted by Gasteiger charge is -2.30. The second kappa shape index (κ2) is 9.09. The first-order valence-corrected chi connectivity index (χ1v) is 11.5. The van der Waals surface area contributed by atoms with Crippen molar-refractivity contribution in [3.8, 4) is 34.0 Å². The molecular weight excluding hydrogens is 430 g/mol. The molecule has 0 fully saturated rings. The number of fused-ring (bicyclic) bond motifs is 1. The first kappa shape index (κ1) is 21.8. The third kappa shape index (κ3) is 4.16. The van der Waals surface area contributed by atoms with E-state index < -0.39 is 0 Å². The van der Waals surface area contributed by atoms with Crippen LogP contribution in [0.4, 0.5) is 5.95 Å². The van der Waals surface area contributed by atoms with E-state index in [9.17, 15) is 4.79 Å². The maximum atomic E-state index is 13.2. The fourth-order valence-corrected chi connectivity index (χ4v) is 4.23. The number of hydrogen-bond acceptors (Lipinski definition) is 7. The van der Waals surface area contributed by atoms with Crippen molar-refractivity contribution < 1.29 is 4.74 Å². The van der Waals surface area contributed by atoms with Crippen molar-refractivity contribution in [1.29, 1.82) is 0 Å². The van der Waals surface area contributed by atoms with Crippen LogP contribution in [0.5, 0.6) is 11.5 Å². The van der Waals surface area contributed by atoms with Gasteiger partial charge in [0.1, 0.15) is 11.5 Å². The van der Waals surface area contributed by atoms with Gasteiger partial charge in [0.2, 0.25) is 5.95 Å². The second-order valence-corrected chi connectivity index (χ2v) is 8.43. The summed E-state index contributed by atoms with van der Waals surface area (Å²) in [5, 5.41) is 4.20. The Morgan fingerprint density at radius 2 is 1.97 bits per heavy atom. The first-order valence-electron chi connectivity index (χ1n) is 11.5. The van der Waals surface area contributed by atoms with Crippen molar-refractivity contribution in [3.05, 3.63) is 65.1 Å². The van der Waals surface area contributed by atoms with Crippen molar-refractivity contribution in [1.82, 2.24) is 29.3 Å². The fourth-order valence-electron chi connectivity index (χ4n) is 4.23. The molecule has 5 rings (SSSR count). The van der Waals surface area contributed by atoms with Crippen LogP contribution in [-0.4, -0.2) is 42.4 Å². The number of anilines is 1. The van der Waals surface area contributed by atoms with Crippen LogP contribution in [-0.2, 0) is 13.6 Å². The summed E-state index contributed by atoms with van der Waals surface area (Å²) >= 11 is 0. The van der Waals surface area contributed by atoms with E-state index in [0.717, 1.165) is 43.1 Å². The largest absolute Gasteiger partial charge is 0.455 e. The average Bonchev–Trinajstić information content (AvgIpc) is 3.28. The molecule has 0 saturated heterocycles. The van der Waals surface area contributed by atoms with Crippen LogP contribution in [0.25, 0.3) is 22.5 Å². The van der Waals surface area contributed by atoms with Crippen molar-refractivity contribution in [2.45, 2.75) is 33.2 Å². The molecule has 9 nitrogen and oxygen atoms in total. The average molecular weight is 458 g/mol. The third-order valence-electron chi connectivity index (χ3n) is 5.89. The van der Waals surface area contributed by atoms with Crippen LogP contribution in [0.15, 0.2) is 53.8 Å². The van der Waals surface area contributed by atoms with E-state index in [2.05, 4.69) is 31.9 Å². The lowest BCUT2D eigenvalue weighted by atomic mass is 10.2. The van der Waals surface area contributed by atoms with Crippen molar-refractivity contribution in [2.75, 3.05) is 18.0 Å². The van der Waals surface area contributed by atoms with Gasteiger partial charge in [-0.3, -0.25) is 19.0 Å². The molecule has 1 aliphatic heterocycles. The molecule has 0 saturated carbocycles. The Balaban J connectivity index is 1.41. The summed E-state index contributed by atoms with van der Waals surface area (Å²) in [5.74, 6) is 2.02. The quantitative estimate of drug-likeness (QED) is 0.435. The molecule has 34 heavy (non-hydrogen) atoms. The zero-order valence-corrected chi connectivity index (χ0v) is 19.6. The molecule has 0 unspecified atom stereocenters. The Morgan fingerprint density at radius 1 is 1.09 bits per heavy atom. The Bertz CT molecular complexity index is 1390. The fraction of sp³-hybridized carbons (Fsp3) is 0.320. The van der Waals surface area contributed by atoms with E-state index in [1.54, 1.807) is 33.9 Å². The summed E-state index contributed by atoms with van der Waals surface area (Å²) in [6.07, 6.45) is 8.97. The summed E-state index contributed by atoms with van der Waals surface area (Å²) in [4.78, 5) is 29.1. The smallest absolute Gasteiger partial charge is 0.264 e. The zero-order chi connectivity index (χ0) is 23.7. The number of aromatic nitrogens is 6. The zero-order valence-electron chi connectivity index (χ0n) is 19.6. The van der Waals surface area contributed by atoms with Crippen LogP contribution in [0.3, 0.4) is 0 Å². The Hall–Kier alpha value is -4.01. The number of aryl methyl sites for hydroxylation is 2. The predicted molar refractivity (Wildman–Crippen MR) is 130 cm³/mol. The van der Waals surface area contributed by atoms with Crippen LogP contribution in [0, 0.1) is 6.92 Å². The van der Waals surface area contributed by atoms with E-state index in [1.165, 1.54) is 0 Å². The lowest BCUT2D eigenvalue weighted by Crippen LogP contribution is -2.39. The highest BCUT2D eigenvalue weighted by Gasteiger charge is 2.21. The van der Waals surface area contributed by atoms with E-state index in [-0.39, 0.29) is 5.56 Å². The van der Waals surface area contributed by atoms with E-state index in [4.69, 9.17) is 4.74 Å². The molecule has 4 aromatic rings. The molecule has 0 atom stereocenters. The van der Waals surface area contributed by atoms with Gasteiger partial charge in [-0.2, -0.15) is 5.10 Å². The van der Waals surface area contributed by atoms with E-state index in [0.29, 0.717) is 35.0 Å². The number of pyridine rings is 2. The minimum absolute atomic E-state index is 0.0541. The summed E-state index contributed by atoms with van der Waals surface area (Å²) in [5.41, 5.74) is 3.42. The molecule has 0 amide bonds. The van der Waals surface area contributed by atoms with Crippen LogP contribution >= 0.6 is 0 Å². The topological polar surface area (TPSA) is 91.0 Å². The van der Waals surface area contributed by atoms with Crippen molar-refractivity contribution in [2.24, 2.45) is 7.05 Å². The molecule has 0 aliphatic carbocycles. The molecule has 0 radical (unpaired) electrons. The Kier molecular flexibility index (Phi) is 5.83. The van der Waals surface area contributed by atoms with Crippen molar-refractivity contribution in [3.63, 3.8) is 0 Å². The minimum Gasteiger partial charge on any atom is -0.455 e. The molecule has 9 heteroatoms. The van der Waals surface area contributed by atoms with Gasteiger partial charge in [-0.15, -0.1) is 0 Å². The number of nitrogens with zero attached hydrogens (tertiary/aromatic N) is 7. The minimum atomic E-state index is -0.0541. The highest BCUT2D eigenvalue weighted by atomic mass is 16.5. The molecular formula is C25H27N7O2. The van der Waals surface area contributed by atoms with Crippen LogP contribution in [0.1, 0.15) is 25.5 Å². The SMILES string of the molecule is CCCN1CCCn2c1ncc(-c1ccc(Oc3ccnc(-c4cnn(C)c4)c3)c(C)n1)c2=O. The highest BCUT2D eigenvalue weighted by Crippen LogP contribution is 2.29. The number of rotatable bonds is 6. The molecule has 0 bridgehead atoms. The van der Waals surface area contributed by atoms with Gasteiger partial charge in [-0.05, 0) is 38.0 Å². The maximum Gasteiger partial charge on any atom is 0.264 e. The van der Waals surface area contributed by atoms with E-state index >= 15 is 0 Å². The molecule has 4 aromatic heterocycles. The van der Waals surface area contributed by atoms with Crippen LogP contribution in [0.2, 0.25) is 0 Å². The normalized spacial score (nSPS) is 13.1. The van der Waals surface area contributed by atoms with Crippen molar-refractivity contribution >= 4 is 5.95 Å². The molecule has 5 heterocycles. The summed E-state index contributed by atoms with van der Waals surface area (Å²) in [6, 6.07) is 7.32. The summed E-state index contributed by atoms with van der Waals surface area (Å²) < 4.78 is 9.60. The van der Waals surface area contributed by atoms with Gasteiger partial charge in [0.15, 0.2) is 0 Å². The number of hydrogen-bond donors (Lipinski definition) is 0. The second-order valence-electron chi connectivity index (χ2n) is 8.43. The maximum absolute atomic E-state index is 13.2. The summed E-state index contributed by atoms with van der Waals surface area (Å²) in [7, 11) is 1.87. The van der Waals surface area contributed by atoms with Gasteiger partial charge in [-0.1, -0.05) is 6.92 Å². The molecule has 0 spiro atoms. The van der Waals surface area contributed by atoms with Gasteiger partial charge >= 0.3 is 0 Å². The summed E-state index contributed by atoms with van der Waals surface area (Å²) in [6.45, 7) is 6.51. The Morgan fingerprint density at radius 3 is 2.74 bits per heavy atom. The van der Waals surface area contributed by atoms with Gasteiger partial charge < -0.3 is 9.64 Å². The first-order chi connectivity index (χ1) is 16.5. The predicted octanol–water partition coefficient (Wildman–Crippen LogP) is 3.82. The molecule has 0 N–H and O–H groups in total. The third-order valence-corrected chi connectivity index (χ3v) is 5.89. The molecule has 1 aliphatic rings. The molecule has 0 aromatic carbocycles. The lowest BCUT2D eigenvalue weighted by molar-refractivity contribution is 0.475. The monoisotopic (exact) mass is 457 g/mol. The Labute approximate surface area is 197 Å². The van der Waals surface area contributed by atoms with Gasteiger partial charge in [0.25, 0.3) is 5.56 Å². The highest BCUT2D eigenvalue weighted by molar-refractivity contribution is 5.61. The molecule has 174 valence electrons. The number of ether oxygens (including phenoxy) is 1. The standard InChI is InChI=1S/C25H27N7O2/c1-4-10-31-11-5-12-32-24(33)20(15-27-25(31)32)21-6-7-23(17(2)29-21)34-19-8-9-26-22(13-19)18-14-28-30(3)16-18/h6-9,13-16H,4-5,10-12H2,1-3H3. The van der Waals surface area contributed by atoms with Gasteiger partial charge in [-0.25, -0.2) is 9.97 Å². The van der Waals surface area contributed by atoms with Crippen LogP contribution < -0.4 is 15.2 Å². The van der Waals surface area contributed by atoms with Gasteiger partial charge in [0.05, 0.1) is 28.8 Å². The van der Waals surface area contributed by atoms with E-state index in [1.807, 2.05) is 38.4 Å².